The molecule has 0 saturated carbocycles. The first kappa shape index (κ1) is 26.1. The lowest BCUT2D eigenvalue weighted by Gasteiger charge is -2.30. The van der Waals surface area contributed by atoms with E-state index < -0.39 is 6.04 Å². The Bertz CT molecular complexity index is 1520. The summed E-state index contributed by atoms with van der Waals surface area (Å²) >= 11 is 0. The van der Waals surface area contributed by atoms with Gasteiger partial charge >= 0.3 is 6.03 Å². The number of fused-ring (bicyclic) bond motifs is 2. The number of aromatic nitrogens is 2. The molecule has 9 nitrogen and oxygen atoms in total. The molecular weight excluding hydrogens is 492 g/mol. The SMILES string of the molecule is CCCCc1cc(NC(=O)Nc2cccc3ccccc23)n(-c2ccc3c(c2)CN(C(=O)C(C)N=O)CC3)n1. The summed E-state index contributed by atoms with van der Waals surface area (Å²) in [7, 11) is 0. The minimum Gasteiger partial charge on any atom is -0.336 e. The van der Waals surface area contributed by atoms with Crippen LogP contribution in [0.5, 0.6) is 0 Å². The molecule has 3 aromatic carbocycles. The van der Waals surface area contributed by atoms with Crippen molar-refractivity contribution in [1.82, 2.24) is 14.7 Å². The number of benzene rings is 3. The first-order valence-electron chi connectivity index (χ1n) is 13.3. The van der Waals surface area contributed by atoms with E-state index in [1.54, 1.807) is 9.58 Å². The van der Waals surface area contributed by atoms with Gasteiger partial charge in [-0.3, -0.25) is 10.1 Å². The zero-order valence-electron chi connectivity index (χ0n) is 22.2. The van der Waals surface area contributed by atoms with E-state index in [-0.39, 0.29) is 11.9 Å². The minimum absolute atomic E-state index is 0.269. The highest BCUT2D eigenvalue weighted by Gasteiger charge is 2.26. The Morgan fingerprint density at radius 3 is 2.67 bits per heavy atom. The second-order valence-electron chi connectivity index (χ2n) is 9.89. The molecule has 1 aliphatic rings. The van der Waals surface area contributed by atoms with Crippen molar-refractivity contribution in [3.63, 3.8) is 0 Å². The second-order valence-corrected chi connectivity index (χ2v) is 9.89. The van der Waals surface area contributed by atoms with Gasteiger partial charge in [0.2, 0.25) is 0 Å². The van der Waals surface area contributed by atoms with Gasteiger partial charge in [-0.1, -0.05) is 61.0 Å². The zero-order chi connectivity index (χ0) is 27.4. The number of nitroso groups, excluding NO2 is 1. The number of nitrogens with one attached hydrogen (secondary N) is 2. The van der Waals surface area contributed by atoms with Crippen molar-refractivity contribution < 1.29 is 9.59 Å². The predicted octanol–water partition coefficient (Wildman–Crippen LogP) is 6.05. The minimum atomic E-state index is -0.905. The molecule has 39 heavy (non-hydrogen) atoms. The third-order valence-electron chi connectivity index (χ3n) is 7.10. The first-order chi connectivity index (χ1) is 19.0. The number of hydrogen-bond acceptors (Lipinski definition) is 5. The number of anilines is 2. The average Bonchev–Trinajstić information content (AvgIpc) is 3.36. The van der Waals surface area contributed by atoms with Gasteiger partial charge in [-0.25, -0.2) is 9.48 Å². The smallest absolute Gasteiger partial charge is 0.324 e. The number of unbranched alkanes of at least 4 members (excludes halogenated alkanes) is 1. The van der Waals surface area contributed by atoms with Crippen LogP contribution in [0.25, 0.3) is 16.5 Å². The number of carbonyl (C=O) groups is 2. The van der Waals surface area contributed by atoms with Crippen LogP contribution in [0, 0.1) is 4.91 Å². The highest BCUT2D eigenvalue weighted by Crippen LogP contribution is 2.27. The molecule has 0 radical (unpaired) electrons. The van der Waals surface area contributed by atoms with Crippen LogP contribution >= 0.6 is 0 Å². The van der Waals surface area contributed by atoms with Gasteiger partial charge in [0.1, 0.15) is 5.82 Å². The third-order valence-corrected chi connectivity index (χ3v) is 7.10. The quantitative estimate of drug-likeness (QED) is 0.273. The van der Waals surface area contributed by atoms with Gasteiger partial charge < -0.3 is 10.2 Å². The van der Waals surface area contributed by atoms with Crippen LogP contribution in [0.2, 0.25) is 0 Å². The number of aryl methyl sites for hydroxylation is 1. The number of rotatable bonds is 8. The molecule has 5 rings (SSSR count). The van der Waals surface area contributed by atoms with E-state index in [0.29, 0.717) is 25.3 Å². The largest absolute Gasteiger partial charge is 0.336 e. The van der Waals surface area contributed by atoms with Crippen LogP contribution in [-0.2, 0) is 24.2 Å². The molecule has 0 bridgehead atoms. The molecule has 1 atom stereocenters. The normalized spacial score (nSPS) is 13.5. The van der Waals surface area contributed by atoms with Gasteiger partial charge in [0.15, 0.2) is 6.04 Å². The Labute approximate surface area is 227 Å². The van der Waals surface area contributed by atoms with Crippen molar-refractivity contribution >= 4 is 34.2 Å². The van der Waals surface area contributed by atoms with Crippen LogP contribution in [0.3, 0.4) is 0 Å². The lowest BCUT2D eigenvalue weighted by molar-refractivity contribution is -0.133. The van der Waals surface area contributed by atoms with Gasteiger partial charge in [0.25, 0.3) is 5.91 Å². The Balaban J connectivity index is 1.41. The van der Waals surface area contributed by atoms with Gasteiger partial charge in [-0.2, -0.15) is 5.10 Å². The number of hydrogen-bond donors (Lipinski definition) is 2. The van der Waals surface area contributed by atoms with E-state index in [1.165, 1.54) is 6.92 Å². The molecule has 200 valence electrons. The van der Waals surface area contributed by atoms with Gasteiger partial charge in [0.05, 0.1) is 17.1 Å². The zero-order valence-corrected chi connectivity index (χ0v) is 22.2. The first-order valence-corrected chi connectivity index (χ1v) is 13.3. The van der Waals surface area contributed by atoms with Crippen molar-refractivity contribution in [1.29, 1.82) is 0 Å². The molecule has 0 spiro atoms. The van der Waals surface area contributed by atoms with Gasteiger partial charge in [-0.05, 0) is 60.9 Å². The number of carbonyl (C=O) groups excluding carboxylic acids is 2. The summed E-state index contributed by atoms with van der Waals surface area (Å²) in [4.78, 5) is 38.3. The fourth-order valence-corrected chi connectivity index (χ4v) is 4.97. The molecule has 2 heterocycles. The van der Waals surface area contributed by atoms with E-state index >= 15 is 0 Å². The second kappa shape index (κ2) is 11.5. The van der Waals surface area contributed by atoms with Gasteiger partial charge in [0, 0.05) is 24.5 Å². The summed E-state index contributed by atoms with van der Waals surface area (Å²) < 4.78 is 1.74. The third kappa shape index (κ3) is 5.67. The van der Waals surface area contributed by atoms with Crippen molar-refractivity contribution in [3.8, 4) is 5.69 Å². The summed E-state index contributed by atoms with van der Waals surface area (Å²) in [5.74, 6) is 0.288. The molecular formula is C30H32N6O3. The molecule has 4 aromatic rings. The fraction of sp³-hybridized carbons (Fsp3) is 0.300. The standard InChI is InChI=1S/C30H32N6O3/c1-3-4-10-24-18-28(32-30(38)31-27-12-7-9-22-8-5-6-11-26(22)27)36(33-24)25-14-13-21-15-16-35(19-23(21)17-25)29(37)20(2)34-39/h5-9,11-14,17-18,20H,3-4,10,15-16,19H2,1-2H3,(H2,31,32,38). The monoisotopic (exact) mass is 524 g/mol. The summed E-state index contributed by atoms with van der Waals surface area (Å²) in [6.07, 6.45) is 3.52. The topological polar surface area (TPSA) is 109 Å². The predicted molar refractivity (Wildman–Crippen MR) is 153 cm³/mol. The van der Waals surface area contributed by atoms with Crippen molar-refractivity contribution in [3.05, 3.63) is 88.5 Å². The Hall–Kier alpha value is -4.53. The van der Waals surface area contributed by atoms with E-state index in [2.05, 4.69) is 22.7 Å². The van der Waals surface area contributed by atoms with Crippen molar-refractivity contribution in [2.45, 2.75) is 52.1 Å². The maximum Gasteiger partial charge on any atom is 0.324 e. The highest BCUT2D eigenvalue weighted by atomic mass is 16.3. The molecule has 2 N–H and O–H groups in total. The Morgan fingerprint density at radius 1 is 1.03 bits per heavy atom. The maximum absolute atomic E-state index is 13.1. The van der Waals surface area contributed by atoms with Gasteiger partial charge in [-0.15, -0.1) is 4.91 Å². The van der Waals surface area contributed by atoms with Crippen molar-refractivity contribution in [2.24, 2.45) is 5.18 Å². The van der Waals surface area contributed by atoms with Crippen molar-refractivity contribution in [2.75, 3.05) is 17.2 Å². The summed E-state index contributed by atoms with van der Waals surface area (Å²) in [5, 5.41) is 15.7. The van der Waals surface area contributed by atoms with E-state index in [1.807, 2.05) is 66.7 Å². The number of urea groups is 1. The average molecular weight is 525 g/mol. The van der Waals surface area contributed by atoms with E-state index in [4.69, 9.17) is 5.10 Å². The summed E-state index contributed by atoms with van der Waals surface area (Å²) in [6, 6.07) is 20.4. The van der Waals surface area contributed by atoms with E-state index in [9.17, 15) is 14.5 Å². The number of nitrogens with zero attached hydrogens (tertiary/aromatic N) is 4. The Morgan fingerprint density at radius 2 is 1.85 bits per heavy atom. The van der Waals surface area contributed by atoms with Crippen LogP contribution in [0.1, 0.15) is 43.5 Å². The molecule has 0 fully saturated rings. The maximum atomic E-state index is 13.1. The van der Waals surface area contributed by atoms with Crippen LogP contribution < -0.4 is 10.6 Å². The van der Waals surface area contributed by atoms with Crippen LogP contribution in [-0.4, -0.2) is 39.2 Å². The summed E-state index contributed by atoms with van der Waals surface area (Å²) in [5.41, 5.74) is 4.53. The molecule has 0 aliphatic carbocycles. The summed E-state index contributed by atoms with van der Waals surface area (Å²) in [6.45, 7) is 4.60. The van der Waals surface area contributed by atoms with E-state index in [0.717, 1.165) is 58.2 Å². The fourth-order valence-electron chi connectivity index (χ4n) is 4.97. The Kier molecular flexibility index (Phi) is 7.67. The number of amides is 3. The van der Waals surface area contributed by atoms with Crippen LogP contribution in [0.15, 0.2) is 71.9 Å². The molecule has 0 saturated heterocycles. The molecule has 3 amide bonds. The molecule has 1 aromatic heterocycles. The lowest BCUT2D eigenvalue weighted by Crippen LogP contribution is -2.40. The molecule has 9 heteroatoms. The molecule has 1 unspecified atom stereocenters. The van der Waals surface area contributed by atoms with Crippen LogP contribution in [0.4, 0.5) is 16.3 Å². The highest BCUT2D eigenvalue weighted by molar-refractivity contribution is 6.06. The molecule has 1 aliphatic heterocycles. The lowest BCUT2D eigenvalue weighted by atomic mass is 9.98.